The van der Waals surface area contributed by atoms with Crippen LogP contribution in [0.4, 0.5) is 0 Å². The zero-order valence-corrected chi connectivity index (χ0v) is 14.8. The van der Waals surface area contributed by atoms with Gasteiger partial charge < -0.3 is 20.3 Å². The lowest BCUT2D eigenvalue weighted by molar-refractivity contribution is -0.143. The number of nitrogens with two attached hydrogens (primary N) is 1. The highest BCUT2D eigenvalue weighted by Crippen LogP contribution is 2.40. The second kappa shape index (κ2) is 8.20. The molecule has 1 rings (SSSR count). The molecule has 0 aliphatic carbocycles. The monoisotopic (exact) mass is 323 g/mol. The molecule has 0 saturated heterocycles. The van der Waals surface area contributed by atoms with E-state index in [9.17, 15) is 9.90 Å². The van der Waals surface area contributed by atoms with Crippen molar-refractivity contribution in [3.05, 3.63) is 23.8 Å². The molecule has 5 heteroatoms. The molecule has 23 heavy (non-hydrogen) atoms. The fraction of sp³-hybridized carbons (Fsp3) is 0.611. The first-order valence-electron chi connectivity index (χ1n) is 8.15. The molecule has 1 aromatic rings. The molecule has 0 aliphatic heterocycles. The average Bonchev–Trinajstić information content (AvgIpc) is 2.48. The van der Waals surface area contributed by atoms with Crippen LogP contribution in [0.5, 0.6) is 11.5 Å². The van der Waals surface area contributed by atoms with Gasteiger partial charge in [0.25, 0.3) is 0 Å². The molecular weight excluding hydrogens is 294 g/mol. The van der Waals surface area contributed by atoms with Crippen LogP contribution in [0.15, 0.2) is 18.2 Å². The molecule has 3 unspecified atom stereocenters. The van der Waals surface area contributed by atoms with Gasteiger partial charge in [-0.15, -0.1) is 0 Å². The van der Waals surface area contributed by atoms with Crippen LogP contribution in [0, 0.1) is 5.92 Å². The summed E-state index contributed by atoms with van der Waals surface area (Å²) in [6, 6.07) is 5.83. The van der Waals surface area contributed by atoms with Gasteiger partial charge in [0.15, 0.2) is 11.5 Å². The van der Waals surface area contributed by atoms with Crippen molar-refractivity contribution in [1.82, 2.24) is 0 Å². The van der Waals surface area contributed by atoms with E-state index in [4.69, 9.17) is 15.2 Å². The van der Waals surface area contributed by atoms with Crippen molar-refractivity contribution in [2.75, 3.05) is 13.2 Å². The second-order valence-corrected chi connectivity index (χ2v) is 6.23. The predicted octanol–water partition coefficient (Wildman–Crippen LogP) is 3.42. The molecule has 1 aromatic carbocycles. The van der Waals surface area contributed by atoms with Gasteiger partial charge in [0.1, 0.15) is 5.54 Å². The maximum atomic E-state index is 11.3. The first kappa shape index (κ1) is 19.3. The summed E-state index contributed by atoms with van der Waals surface area (Å²) < 4.78 is 11.5. The summed E-state index contributed by atoms with van der Waals surface area (Å²) in [5.41, 5.74) is 5.68. The number of para-hydroxylation sites is 1. The molecule has 130 valence electrons. The van der Waals surface area contributed by atoms with Gasteiger partial charge in [-0.2, -0.15) is 0 Å². The molecule has 3 N–H and O–H groups in total. The molecule has 3 atom stereocenters. The third-order valence-corrected chi connectivity index (χ3v) is 4.18. The normalized spacial score (nSPS) is 16.3. The lowest BCUT2D eigenvalue weighted by Crippen LogP contribution is -2.46. The fourth-order valence-electron chi connectivity index (χ4n) is 2.70. The lowest BCUT2D eigenvalue weighted by atomic mass is 9.80. The Hall–Kier alpha value is -1.75. The van der Waals surface area contributed by atoms with Crippen molar-refractivity contribution in [2.45, 2.75) is 52.5 Å². The van der Waals surface area contributed by atoms with E-state index in [1.54, 1.807) is 6.92 Å². The summed E-state index contributed by atoms with van der Waals surface area (Å²) in [5, 5.41) is 9.23. The van der Waals surface area contributed by atoms with E-state index in [2.05, 4.69) is 6.92 Å². The summed E-state index contributed by atoms with van der Waals surface area (Å²) in [4.78, 5) is 11.3. The van der Waals surface area contributed by atoms with Crippen molar-refractivity contribution in [1.29, 1.82) is 0 Å². The van der Waals surface area contributed by atoms with E-state index < -0.39 is 11.5 Å². The van der Waals surface area contributed by atoms with Crippen LogP contribution in [0.1, 0.15) is 52.5 Å². The Morgan fingerprint density at radius 2 is 1.87 bits per heavy atom. The van der Waals surface area contributed by atoms with Gasteiger partial charge in [0.05, 0.1) is 13.2 Å². The van der Waals surface area contributed by atoms with Gasteiger partial charge >= 0.3 is 5.97 Å². The summed E-state index contributed by atoms with van der Waals surface area (Å²) in [6.07, 6.45) is 0.383. The average molecular weight is 323 g/mol. The number of rotatable bonds is 9. The molecule has 0 bridgehead atoms. The van der Waals surface area contributed by atoms with Crippen molar-refractivity contribution < 1.29 is 19.4 Å². The second-order valence-electron chi connectivity index (χ2n) is 6.23. The lowest BCUT2D eigenvalue weighted by Gasteiger charge is -2.29. The number of carboxylic acids is 1. The highest BCUT2D eigenvalue weighted by molar-refractivity contribution is 5.77. The van der Waals surface area contributed by atoms with Crippen molar-refractivity contribution >= 4 is 5.97 Å². The largest absolute Gasteiger partial charge is 0.490 e. The first-order valence-corrected chi connectivity index (χ1v) is 8.15. The number of hydrogen-bond acceptors (Lipinski definition) is 4. The predicted molar refractivity (Wildman–Crippen MR) is 91.2 cm³/mol. The van der Waals surface area contributed by atoms with Crippen LogP contribution in [0.3, 0.4) is 0 Å². The van der Waals surface area contributed by atoms with Gasteiger partial charge in [-0.05, 0) is 45.1 Å². The molecule has 0 radical (unpaired) electrons. The molecule has 0 amide bonds. The molecule has 5 nitrogen and oxygen atoms in total. The van der Waals surface area contributed by atoms with Gasteiger partial charge in [-0.1, -0.05) is 26.0 Å². The zero-order chi connectivity index (χ0) is 17.6. The van der Waals surface area contributed by atoms with E-state index >= 15 is 0 Å². The summed E-state index contributed by atoms with van der Waals surface area (Å²) in [6.45, 7) is 10.6. The van der Waals surface area contributed by atoms with Gasteiger partial charge in [-0.3, -0.25) is 4.79 Å². The van der Waals surface area contributed by atoms with Gasteiger partial charge in [0, 0.05) is 5.56 Å². The van der Waals surface area contributed by atoms with E-state index in [-0.39, 0.29) is 11.8 Å². The van der Waals surface area contributed by atoms with Crippen LogP contribution in [-0.4, -0.2) is 29.8 Å². The highest BCUT2D eigenvalue weighted by atomic mass is 16.5. The molecule has 0 spiro atoms. The Bertz CT molecular complexity index is 528. The number of ether oxygens (including phenoxy) is 2. The minimum Gasteiger partial charge on any atom is -0.490 e. The molecule has 0 heterocycles. The SMILES string of the molecule is CCOc1cccc(C(C)C(C)CC(C)(N)C(=O)O)c1OCC. The summed E-state index contributed by atoms with van der Waals surface area (Å²) in [7, 11) is 0. The minimum atomic E-state index is -1.24. The number of aliphatic carboxylic acids is 1. The topological polar surface area (TPSA) is 81.8 Å². The van der Waals surface area contributed by atoms with Gasteiger partial charge in [-0.25, -0.2) is 0 Å². The molecular formula is C18H29NO4. The van der Waals surface area contributed by atoms with Crippen molar-refractivity contribution in [2.24, 2.45) is 11.7 Å². The van der Waals surface area contributed by atoms with Gasteiger partial charge in [0.2, 0.25) is 0 Å². The minimum absolute atomic E-state index is 0.0807. The maximum absolute atomic E-state index is 11.3. The Balaban J connectivity index is 3.08. The Kier molecular flexibility index (Phi) is 6.88. The third kappa shape index (κ3) is 4.86. The van der Waals surface area contributed by atoms with E-state index in [0.717, 1.165) is 17.1 Å². The van der Waals surface area contributed by atoms with Crippen LogP contribution in [0.2, 0.25) is 0 Å². The molecule has 0 aliphatic rings. The van der Waals surface area contributed by atoms with E-state index in [1.807, 2.05) is 39.0 Å². The quantitative estimate of drug-likeness (QED) is 0.727. The number of benzene rings is 1. The molecule has 0 aromatic heterocycles. The third-order valence-electron chi connectivity index (χ3n) is 4.18. The Labute approximate surface area is 138 Å². The summed E-state index contributed by atoms with van der Waals surface area (Å²) in [5.74, 6) is 0.658. The molecule has 0 fully saturated rings. The summed E-state index contributed by atoms with van der Waals surface area (Å²) >= 11 is 0. The smallest absolute Gasteiger partial charge is 0.323 e. The number of carboxylic acid groups (broad SMARTS) is 1. The zero-order valence-electron chi connectivity index (χ0n) is 14.8. The van der Waals surface area contributed by atoms with Crippen LogP contribution in [-0.2, 0) is 4.79 Å². The Morgan fingerprint density at radius 1 is 1.26 bits per heavy atom. The first-order chi connectivity index (χ1) is 10.7. The Morgan fingerprint density at radius 3 is 2.39 bits per heavy atom. The van der Waals surface area contributed by atoms with Crippen molar-refractivity contribution in [3.8, 4) is 11.5 Å². The number of carbonyl (C=O) groups is 1. The van der Waals surface area contributed by atoms with Crippen LogP contribution >= 0.6 is 0 Å². The molecule has 0 saturated carbocycles. The maximum Gasteiger partial charge on any atom is 0.323 e. The van der Waals surface area contributed by atoms with Crippen molar-refractivity contribution in [3.63, 3.8) is 0 Å². The highest BCUT2D eigenvalue weighted by Gasteiger charge is 2.33. The van der Waals surface area contributed by atoms with E-state index in [0.29, 0.717) is 19.6 Å². The number of hydrogen-bond donors (Lipinski definition) is 2. The van der Waals surface area contributed by atoms with Crippen LogP contribution < -0.4 is 15.2 Å². The van der Waals surface area contributed by atoms with E-state index in [1.165, 1.54) is 0 Å². The fourth-order valence-corrected chi connectivity index (χ4v) is 2.70. The van der Waals surface area contributed by atoms with Crippen LogP contribution in [0.25, 0.3) is 0 Å². The standard InChI is InChI=1S/C18H29NO4/c1-6-22-15-10-8-9-14(16(15)23-7-2)13(4)12(3)11-18(5,19)17(20)21/h8-10,12-13H,6-7,11,19H2,1-5H3,(H,20,21).